The number of rotatable bonds is 5. The third-order valence-corrected chi connectivity index (χ3v) is 4.56. The average molecular weight is 484 g/mol. The van der Waals surface area contributed by atoms with Crippen LogP contribution in [0.2, 0.25) is 0 Å². The van der Waals surface area contributed by atoms with Crippen LogP contribution in [0.25, 0.3) is 0 Å². The minimum atomic E-state index is -5.15. The van der Waals surface area contributed by atoms with Crippen molar-refractivity contribution in [2.24, 2.45) is 0 Å². The topological polar surface area (TPSA) is 87.7 Å². The van der Waals surface area contributed by atoms with E-state index in [4.69, 9.17) is 9.94 Å². The fourth-order valence-corrected chi connectivity index (χ4v) is 2.95. The Bertz CT molecular complexity index is 1280. The number of amides is 2. The summed E-state index contributed by atoms with van der Waals surface area (Å²) >= 11 is 0. The van der Waals surface area contributed by atoms with Crippen LogP contribution in [-0.4, -0.2) is 17.0 Å². The van der Waals surface area contributed by atoms with Crippen LogP contribution in [0.5, 0.6) is 11.5 Å². The van der Waals surface area contributed by atoms with Gasteiger partial charge in [0.25, 0.3) is 11.8 Å². The van der Waals surface area contributed by atoms with Gasteiger partial charge in [-0.15, -0.1) is 0 Å². The molecule has 12 heteroatoms. The number of hydrogen-bond acceptors (Lipinski definition) is 4. The summed E-state index contributed by atoms with van der Waals surface area (Å²) in [4.78, 5) is 24.3. The van der Waals surface area contributed by atoms with Crippen molar-refractivity contribution in [3.05, 3.63) is 88.2 Å². The zero-order valence-electron chi connectivity index (χ0n) is 17.1. The molecule has 0 bridgehead atoms. The monoisotopic (exact) mass is 484 g/mol. The van der Waals surface area contributed by atoms with Gasteiger partial charge in [-0.2, -0.15) is 13.2 Å². The highest BCUT2D eigenvalue weighted by atomic mass is 19.4. The molecule has 3 aromatic rings. The molecule has 0 aromatic heterocycles. The molecule has 0 unspecified atom stereocenters. The first-order valence-electron chi connectivity index (χ1n) is 9.31. The zero-order valence-corrected chi connectivity index (χ0v) is 17.1. The van der Waals surface area contributed by atoms with Gasteiger partial charge in [-0.1, -0.05) is 0 Å². The number of carbonyl (C=O) groups excluding carboxylic acids is 2. The highest BCUT2D eigenvalue weighted by Gasteiger charge is 2.37. The van der Waals surface area contributed by atoms with E-state index in [2.05, 4.69) is 5.32 Å². The summed E-state index contributed by atoms with van der Waals surface area (Å²) in [6.07, 6.45) is -5.15. The second-order valence-electron chi connectivity index (χ2n) is 6.90. The van der Waals surface area contributed by atoms with E-state index in [1.54, 1.807) is 0 Å². The Morgan fingerprint density at radius 3 is 2.21 bits per heavy atom. The first kappa shape index (κ1) is 24.6. The second kappa shape index (κ2) is 9.43. The van der Waals surface area contributed by atoms with Crippen molar-refractivity contribution in [2.45, 2.75) is 13.1 Å². The summed E-state index contributed by atoms with van der Waals surface area (Å²) in [6, 6.07) is 6.76. The van der Waals surface area contributed by atoms with Crippen LogP contribution in [0.3, 0.4) is 0 Å². The Labute approximate surface area is 187 Å². The maximum atomic E-state index is 14.9. The van der Waals surface area contributed by atoms with Crippen molar-refractivity contribution in [3.8, 4) is 11.5 Å². The van der Waals surface area contributed by atoms with Crippen LogP contribution in [-0.2, 0) is 6.18 Å². The summed E-state index contributed by atoms with van der Waals surface area (Å²) in [7, 11) is 0. The molecule has 0 fully saturated rings. The highest BCUT2D eigenvalue weighted by Crippen LogP contribution is 2.38. The summed E-state index contributed by atoms with van der Waals surface area (Å²) in [5, 5.41) is 10.7. The molecular formula is C22H14F6N2O4. The Balaban J connectivity index is 2.07. The number of halogens is 6. The number of hydroxylamine groups is 1. The number of aryl methyl sites for hydroxylation is 1. The number of alkyl halides is 3. The molecule has 3 aromatic carbocycles. The summed E-state index contributed by atoms with van der Waals surface area (Å²) < 4.78 is 87.2. The smallest absolute Gasteiger partial charge is 0.419 e. The van der Waals surface area contributed by atoms with Gasteiger partial charge in [0.1, 0.15) is 28.7 Å². The van der Waals surface area contributed by atoms with Gasteiger partial charge in [-0.05, 0) is 61.0 Å². The van der Waals surface area contributed by atoms with E-state index in [0.717, 1.165) is 42.5 Å². The molecule has 0 aliphatic heterocycles. The molecular weight excluding hydrogens is 470 g/mol. The van der Waals surface area contributed by atoms with E-state index in [-0.39, 0.29) is 17.0 Å². The van der Waals surface area contributed by atoms with Crippen molar-refractivity contribution < 1.29 is 45.9 Å². The average Bonchev–Trinajstić information content (AvgIpc) is 2.75. The summed E-state index contributed by atoms with van der Waals surface area (Å²) in [5.74, 6) is -7.01. The minimum Gasteiger partial charge on any atom is -0.456 e. The fraction of sp³-hybridized carbons (Fsp3) is 0.0909. The maximum absolute atomic E-state index is 14.9. The van der Waals surface area contributed by atoms with Crippen LogP contribution >= 0.6 is 0 Å². The lowest BCUT2D eigenvalue weighted by molar-refractivity contribution is -0.140. The zero-order chi connectivity index (χ0) is 25.2. The van der Waals surface area contributed by atoms with E-state index in [0.29, 0.717) is 6.07 Å². The van der Waals surface area contributed by atoms with E-state index in [1.807, 2.05) is 0 Å². The van der Waals surface area contributed by atoms with E-state index >= 15 is 0 Å². The van der Waals surface area contributed by atoms with Gasteiger partial charge in [0, 0.05) is 5.69 Å². The Morgan fingerprint density at radius 1 is 0.912 bits per heavy atom. The predicted molar refractivity (Wildman–Crippen MR) is 106 cm³/mol. The number of anilines is 1. The molecule has 3 rings (SSSR count). The predicted octanol–water partition coefficient (Wildman–Crippen LogP) is 5.59. The maximum Gasteiger partial charge on any atom is 0.419 e. The van der Waals surface area contributed by atoms with Crippen LogP contribution < -0.4 is 15.5 Å². The van der Waals surface area contributed by atoms with Gasteiger partial charge in [-0.25, -0.2) is 18.7 Å². The van der Waals surface area contributed by atoms with Crippen LogP contribution in [0, 0.1) is 24.4 Å². The van der Waals surface area contributed by atoms with Crippen LogP contribution in [0.1, 0.15) is 31.8 Å². The summed E-state index contributed by atoms with van der Waals surface area (Å²) in [6.45, 7) is 1.42. The van der Waals surface area contributed by atoms with Gasteiger partial charge in [0.15, 0.2) is 5.82 Å². The number of nitrogens with one attached hydrogen (secondary N) is 2. The van der Waals surface area contributed by atoms with Crippen molar-refractivity contribution in [3.63, 3.8) is 0 Å². The van der Waals surface area contributed by atoms with Gasteiger partial charge in [-0.3, -0.25) is 14.8 Å². The van der Waals surface area contributed by atoms with Crippen molar-refractivity contribution in [2.75, 3.05) is 5.32 Å². The molecule has 0 aliphatic rings. The molecule has 2 amide bonds. The highest BCUT2D eigenvalue weighted by molar-refractivity contribution is 6.07. The van der Waals surface area contributed by atoms with Crippen LogP contribution in [0.4, 0.5) is 32.0 Å². The molecule has 0 spiro atoms. The quantitative estimate of drug-likeness (QED) is 0.250. The van der Waals surface area contributed by atoms with Gasteiger partial charge in [0.05, 0.1) is 11.1 Å². The molecule has 0 heterocycles. The first-order valence-corrected chi connectivity index (χ1v) is 9.31. The van der Waals surface area contributed by atoms with Gasteiger partial charge in [0.2, 0.25) is 0 Å². The molecule has 0 aliphatic carbocycles. The Morgan fingerprint density at radius 2 is 1.59 bits per heavy atom. The Kier molecular flexibility index (Phi) is 6.82. The number of benzene rings is 3. The normalized spacial score (nSPS) is 11.2. The molecule has 0 radical (unpaired) electrons. The SMILES string of the molecule is Cc1cc(F)ccc1Oc1ccc(C(F)(F)F)c(F)c1C(=O)Nc1ccc(F)c(C(=O)NO)c1. The minimum absolute atomic E-state index is 0.0571. The molecule has 0 saturated carbocycles. The summed E-state index contributed by atoms with van der Waals surface area (Å²) in [5.41, 5.74) is -2.50. The van der Waals surface area contributed by atoms with Gasteiger partial charge >= 0.3 is 6.18 Å². The van der Waals surface area contributed by atoms with E-state index in [9.17, 15) is 35.9 Å². The second-order valence-corrected chi connectivity index (χ2v) is 6.90. The molecule has 178 valence electrons. The lowest BCUT2D eigenvalue weighted by Crippen LogP contribution is -2.21. The largest absolute Gasteiger partial charge is 0.456 e. The molecule has 0 atom stereocenters. The number of hydrogen-bond donors (Lipinski definition) is 3. The first-order chi connectivity index (χ1) is 15.9. The van der Waals surface area contributed by atoms with E-state index in [1.165, 1.54) is 12.4 Å². The third-order valence-electron chi connectivity index (χ3n) is 4.56. The standard InChI is InChI=1S/C22H14F6N2O4/c1-10-8-11(23)2-6-16(10)34-17-7-4-14(22(26,27)28)19(25)18(17)21(32)29-12-3-5-15(24)13(9-12)20(31)30-33/h2-9,33H,1H3,(H,29,32)(H,30,31). The molecule has 34 heavy (non-hydrogen) atoms. The fourth-order valence-electron chi connectivity index (χ4n) is 2.95. The lowest BCUT2D eigenvalue weighted by Gasteiger charge is -2.17. The third kappa shape index (κ3) is 5.12. The van der Waals surface area contributed by atoms with Crippen molar-refractivity contribution in [1.29, 1.82) is 0 Å². The number of carbonyl (C=O) groups is 2. The lowest BCUT2D eigenvalue weighted by atomic mass is 10.1. The number of ether oxygens (including phenoxy) is 1. The molecule has 3 N–H and O–H groups in total. The van der Waals surface area contributed by atoms with Gasteiger partial charge < -0.3 is 10.1 Å². The molecule has 6 nitrogen and oxygen atoms in total. The molecule has 0 saturated heterocycles. The van der Waals surface area contributed by atoms with Crippen molar-refractivity contribution >= 4 is 17.5 Å². The van der Waals surface area contributed by atoms with E-state index < -0.39 is 57.9 Å². The Hall–Kier alpha value is -4.06. The van der Waals surface area contributed by atoms with Crippen LogP contribution in [0.15, 0.2) is 48.5 Å². The van der Waals surface area contributed by atoms with Crippen molar-refractivity contribution in [1.82, 2.24) is 5.48 Å².